The second kappa shape index (κ2) is 13.3. The van der Waals surface area contributed by atoms with Crippen molar-refractivity contribution in [1.29, 1.82) is 0 Å². The van der Waals surface area contributed by atoms with E-state index in [1.165, 1.54) is 66.1 Å². The smallest absolute Gasteiger partial charge is 0.0618 e. The Kier molecular flexibility index (Phi) is 7.92. The predicted octanol–water partition coefficient (Wildman–Crippen LogP) is 14.1. The largest absolute Gasteiger partial charge is 0.309 e. The van der Waals surface area contributed by atoms with Crippen LogP contribution in [0.2, 0.25) is 0 Å². The highest BCUT2D eigenvalue weighted by atomic mass is 15.1. The van der Waals surface area contributed by atoms with Gasteiger partial charge in [0.15, 0.2) is 0 Å². The summed E-state index contributed by atoms with van der Waals surface area (Å²) < 4.78 is 0. The van der Waals surface area contributed by atoms with Gasteiger partial charge in [-0.3, -0.25) is 0 Å². The maximum Gasteiger partial charge on any atom is 0.0618 e. The Morgan fingerprint density at radius 2 is 0.686 bits per heavy atom. The SMILES string of the molecule is c1ccc(-c2cccc(-c3ccccc3)c2N(c2ccccc2)c2cccc3c2c(-c2ccccc2)c(-c2ccccc2)c2ccccc23)cc1. The average Bonchev–Trinajstić information content (AvgIpc) is 3.22. The second-order valence-corrected chi connectivity index (χ2v) is 12.8. The van der Waals surface area contributed by atoms with Gasteiger partial charge < -0.3 is 4.90 Å². The summed E-state index contributed by atoms with van der Waals surface area (Å²) in [6.07, 6.45) is 0. The van der Waals surface area contributed by atoms with E-state index in [9.17, 15) is 0 Å². The molecule has 51 heavy (non-hydrogen) atoms. The van der Waals surface area contributed by atoms with Crippen LogP contribution >= 0.6 is 0 Å². The molecule has 0 aliphatic carbocycles. The summed E-state index contributed by atoms with van der Waals surface area (Å²) in [7, 11) is 0. The topological polar surface area (TPSA) is 3.24 Å². The molecule has 9 aromatic rings. The van der Waals surface area contributed by atoms with Crippen molar-refractivity contribution in [2.24, 2.45) is 0 Å². The van der Waals surface area contributed by atoms with Crippen molar-refractivity contribution in [3.05, 3.63) is 212 Å². The summed E-state index contributed by atoms with van der Waals surface area (Å²) in [5.41, 5.74) is 12.9. The molecule has 1 heteroatoms. The number of anilines is 3. The van der Waals surface area contributed by atoms with Crippen LogP contribution in [0.25, 0.3) is 66.1 Å². The fourth-order valence-corrected chi connectivity index (χ4v) is 7.66. The molecular weight excluding hydrogens is 615 g/mol. The summed E-state index contributed by atoms with van der Waals surface area (Å²) in [5.74, 6) is 0. The van der Waals surface area contributed by atoms with E-state index in [0.29, 0.717) is 0 Å². The maximum atomic E-state index is 2.50. The minimum absolute atomic E-state index is 1.10. The Labute approximate surface area is 299 Å². The van der Waals surface area contributed by atoms with Gasteiger partial charge in [0.2, 0.25) is 0 Å². The van der Waals surface area contributed by atoms with Gasteiger partial charge in [0.25, 0.3) is 0 Å². The molecule has 0 unspecified atom stereocenters. The summed E-state index contributed by atoms with van der Waals surface area (Å²) >= 11 is 0. The molecule has 0 N–H and O–H groups in total. The van der Waals surface area contributed by atoms with Crippen molar-refractivity contribution in [2.75, 3.05) is 4.90 Å². The average molecular weight is 650 g/mol. The quantitative estimate of drug-likeness (QED) is 0.155. The van der Waals surface area contributed by atoms with Gasteiger partial charge in [0.05, 0.1) is 11.4 Å². The molecule has 0 radical (unpaired) electrons. The number of para-hydroxylation sites is 2. The molecule has 9 rings (SSSR count). The van der Waals surface area contributed by atoms with E-state index in [4.69, 9.17) is 0 Å². The van der Waals surface area contributed by atoms with Gasteiger partial charge in [-0.05, 0) is 62.2 Å². The van der Waals surface area contributed by atoms with Crippen LogP contribution in [0.1, 0.15) is 0 Å². The third-order valence-electron chi connectivity index (χ3n) is 9.84. The van der Waals surface area contributed by atoms with Crippen molar-refractivity contribution >= 4 is 38.6 Å². The van der Waals surface area contributed by atoms with Crippen molar-refractivity contribution in [3.8, 4) is 44.5 Å². The molecule has 0 saturated heterocycles. The minimum atomic E-state index is 1.10. The molecule has 0 atom stereocenters. The molecular formula is C50H35N. The highest BCUT2D eigenvalue weighted by molar-refractivity contribution is 6.25. The number of fused-ring (bicyclic) bond motifs is 3. The Morgan fingerprint density at radius 1 is 0.275 bits per heavy atom. The van der Waals surface area contributed by atoms with Gasteiger partial charge >= 0.3 is 0 Å². The molecule has 0 amide bonds. The standard InChI is InChI=1S/C50H35N/c1-6-20-36(21-7-1)41-32-18-33-42(37-22-8-2-9-23-37)50(41)51(40-28-14-5-15-29-40)46-35-19-34-45-43-30-16-17-31-44(43)47(38-24-10-3-11-25-38)48(49(45)46)39-26-12-4-13-27-39/h1-35H. The van der Waals surface area contributed by atoms with Gasteiger partial charge in [-0.15, -0.1) is 0 Å². The van der Waals surface area contributed by atoms with E-state index in [2.05, 4.69) is 217 Å². The lowest BCUT2D eigenvalue weighted by Gasteiger charge is -2.32. The first-order valence-corrected chi connectivity index (χ1v) is 17.5. The van der Waals surface area contributed by atoms with Gasteiger partial charge in [-0.1, -0.05) is 194 Å². The van der Waals surface area contributed by atoms with E-state index in [0.717, 1.165) is 17.1 Å². The zero-order chi connectivity index (χ0) is 34.0. The van der Waals surface area contributed by atoms with Crippen LogP contribution in [-0.4, -0.2) is 0 Å². The Morgan fingerprint density at radius 3 is 1.24 bits per heavy atom. The first-order valence-electron chi connectivity index (χ1n) is 17.5. The van der Waals surface area contributed by atoms with Gasteiger partial charge in [-0.25, -0.2) is 0 Å². The molecule has 0 aliphatic heterocycles. The lowest BCUT2D eigenvalue weighted by molar-refractivity contribution is 1.30. The number of hydrogen-bond donors (Lipinski definition) is 0. The number of benzene rings is 9. The molecule has 0 heterocycles. The Bertz CT molecular complexity index is 2540. The van der Waals surface area contributed by atoms with E-state index >= 15 is 0 Å². The Hall–Kier alpha value is -6.70. The third-order valence-corrected chi connectivity index (χ3v) is 9.84. The first-order chi connectivity index (χ1) is 25.4. The first kappa shape index (κ1) is 30.4. The molecule has 0 fully saturated rings. The van der Waals surface area contributed by atoms with E-state index in [1.807, 2.05) is 0 Å². The van der Waals surface area contributed by atoms with E-state index in [-0.39, 0.29) is 0 Å². The zero-order valence-electron chi connectivity index (χ0n) is 28.2. The van der Waals surface area contributed by atoms with Crippen LogP contribution in [0.15, 0.2) is 212 Å². The molecule has 0 spiro atoms. The van der Waals surface area contributed by atoms with Crippen LogP contribution in [0.4, 0.5) is 17.1 Å². The number of hydrogen-bond acceptors (Lipinski definition) is 1. The molecule has 0 bridgehead atoms. The van der Waals surface area contributed by atoms with Crippen molar-refractivity contribution in [2.45, 2.75) is 0 Å². The number of nitrogens with zero attached hydrogens (tertiary/aromatic N) is 1. The van der Waals surface area contributed by atoms with Crippen LogP contribution in [0, 0.1) is 0 Å². The molecule has 1 nitrogen and oxygen atoms in total. The highest BCUT2D eigenvalue weighted by Crippen LogP contribution is 2.52. The molecule has 0 aromatic heterocycles. The van der Waals surface area contributed by atoms with Crippen molar-refractivity contribution < 1.29 is 0 Å². The normalized spacial score (nSPS) is 11.1. The lowest BCUT2D eigenvalue weighted by Crippen LogP contribution is -2.13. The van der Waals surface area contributed by atoms with Gasteiger partial charge in [0.1, 0.15) is 0 Å². The zero-order valence-corrected chi connectivity index (χ0v) is 28.2. The van der Waals surface area contributed by atoms with Crippen LogP contribution < -0.4 is 4.90 Å². The summed E-state index contributed by atoms with van der Waals surface area (Å²) in [6, 6.07) is 76.7. The summed E-state index contributed by atoms with van der Waals surface area (Å²) in [4.78, 5) is 2.50. The summed E-state index contributed by atoms with van der Waals surface area (Å²) in [6.45, 7) is 0. The van der Waals surface area contributed by atoms with Gasteiger partial charge in [-0.2, -0.15) is 0 Å². The summed E-state index contributed by atoms with van der Waals surface area (Å²) in [5, 5.41) is 4.92. The molecule has 0 aliphatic rings. The van der Waals surface area contributed by atoms with Gasteiger partial charge in [0, 0.05) is 27.8 Å². The fraction of sp³-hybridized carbons (Fsp3) is 0. The fourth-order valence-electron chi connectivity index (χ4n) is 7.66. The molecule has 240 valence electrons. The maximum absolute atomic E-state index is 2.50. The predicted molar refractivity (Wildman–Crippen MR) is 218 cm³/mol. The molecule has 9 aromatic carbocycles. The third kappa shape index (κ3) is 5.46. The van der Waals surface area contributed by atoms with Crippen LogP contribution in [-0.2, 0) is 0 Å². The van der Waals surface area contributed by atoms with Crippen molar-refractivity contribution in [1.82, 2.24) is 0 Å². The van der Waals surface area contributed by atoms with E-state index in [1.54, 1.807) is 0 Å². The lowest BCUT2D eigenvalue weighted by atomic mass is 9.84. The second-order valence-electron chi connectivity index (χ2n) is 12.8. The van der Waals surface area contributed by atoms with Crippen molar-refractivity contribution in [3.63, 3.8) is 0 Å². The Balaban J connectivity index is 1.49. The monoisotopic (exact) mass is 649 g/mol. The highest BCUT2D eigenvalue weighted by Gasteiger charge is 2.26. The number of rotatable bonds is 7. The van der Waals surface area contributed by atoms with E-state index < -0.39 is 0 Å². The minimum Gasteiger partial charge on any atom is -0.309 e. The molecule has 0 saturated carbocycles. The van der Waals surface area contributed by atoms with Crippen LogP contribution in [0.5, 0.6) is 0 Å². The van der Waals surface area contributed by atoms with Crippen LogP contribution in [0.3, 0.4) is 0 Å².